The van der Waals surface area contributed by atoms with Crippen LogP contribution in [0.25, 0.3) is 11.3 Å². The van der Waals surface area contributed by atoms with Crippen molar-refractivity contribution < 1.29 is 8.42 Å². The number of hydrogen-bond acceptors (Lipinski definition) is 2. The van der Waals surface area contributed by atoms with Gasteiger partial charge >= 0.3 is 0 Å². The Hall–Kier alpha value is -1.55. The van der Waals surface area contributed by atoms with Crippen LogP contribution < -0.4 is 0 Å². The predicted octanol–water partition coefficient (Wildman–Crippen LogP) is 7.82. The summed E-state index contributed by atoms with van der Waals surface area (Å²) in [6.45, 7) is 16.5. The highest BCUT2D eigenvalue weighted by Gasteiger charge is 2.32. The van der Waals surface area contributed by atoms with E-state index >= 15 is 0 Å². The molecule has 4 rings (SSSR count). The Labute approximate surface area is 208 Å². The van der Waals surface area contributed by atoms with Gasteiger partial charge in [-0.1, -0.05) is 66.9 Å². The fourth-order valence-corrected chi connectivity index (χ4v) is 7.35. The largest absolute Gasteiger partial charge is 0.343 e. The Morgan fingerprint density at radius 1 is 0.794 bits per heavy atom. The third-order valence-electron chi connectivity index (χ3n) is 7.93. The first kappa shape index (κ1) is 25.5. The minimum absolute atomic E-state index is 0.0206. The van der Waals surface area contributed by atoms with Crippen molar-refractivity contribution in [3.8, 4) is 11.3 Å². The maximum Gasteiger partial charge on any atom is 0.180 e. The fraction of sp³-hybridized carbons (Fsp3) is 0.667. The molecule has 2 aliphatic rings. The molecule has 188 valence electrons. The predicted molar refractivity (Wildman–Crippen MR) is 143 cm³/mol. The highest BCUT2D eigenvalue weighted by atomic mass is 32.2. The van der Waals surface area contributed by atoms with E-state index in [0.717, 1.165) is 36.3 Å². The van der Waals surface area contributed by atoms with Gasteiger partial charge in [0.05, 0.1) is 10.6 Å². The first-order chi connectivity index (χ1) is 15.8. The van der Waals surface area contributed by atoms with Crippen molar-refractivity contribution in [1.29, 1.82) is 0 Å². The SMILES string of the molecule is Cc1c(S(=O)(=O)CC2CC2)cc(-c2cc(C(C)(C)C)cc(C(C)(C)C)c2)n1CC1CCCCC1. The van der Waals surface area contributed by atoms with E-state index < -0.39 is 9.84 Å². The molecule has 2 aliphatic carbocycles. The zero-order valence-corrected chi connectivity index (χ0v) is 23.3. The van der Waals surface area contributed by atoms with E-state index in [0.29, 0.717) is 22.5 Å². The second kappa shape index (κ2) is 9.15. The minimum atomic E-state index is -3.28. The van der Waals surface area contributed by atoms with Crippen LogP contribution in [-0.2, 0) is 27.2 Å². The molecule has 0 atom stereocenters. The molecule has 1 aromatic carbocycles. The summed E-state index contributed by atoms with van der Waals surface area (Å²) in [5.41, 5.74) is 5.82. The monoisotopic (exact) mass is 483 g/mol. The maximum atomic E-state index is 13.4. The average molecular weight is 484 g/mol. The molecule has 1 heterocycles. The van der Waals surface area contributed by atoms with Gasteiger partial charge < -0.3 is 4.57 Å². The number of aromatic nitrogens is 1. The third-order valence-corrected chi connectivity index (χ3v) is 9.93. The molecule has 0 radical (unpaired) electrons. The van der Waals surface area contributed by atoms with Crippen molar-refractivity contribution in [1.82, 2.24) is 4.57 Å². The Kier molecular flexibility index (Phi) is 6.87. The Bertz CT molecular complexity index is 1100. The lowest BCUT2D eigenvalue weighted by molar-refractivity contribution is 0.318. The molecule has 34 heavy (non-hydrogen) atoms. The van der Waals surface area contributed by atoms with Crippen LogP contribution in [0.4, 0.5) is 0 Å². The Morgan fingerprint density at radius 3 is 1.85 bits per heavy atom. The van der Waals surface area contributed by atoms with Crippen LogP contribution >= 0.6 is 0 Å². The second-order valence-electron chi connectivity index (χ2n) is 13.1. The van der Waals surface area contributed by atoms with Crippen molar-refractivity contribution in [2.75, 3.05) is 5.75 Å². The van der Waals surface area contributed by atoms with Crippen LogP contribution in [0.3, 0.4) is 0 Å². The molecule has 0 spiro atoms. The lowest BCUT2D eigenvalue weighted by Crippen LogP contribution is -2.18. The number of rotatable bonds is 6. The third kappa shape index (κ3) is 5.64. The molecule has 1 aromatic heterocycles. The van der Waals surface area contributed by atoms with Gasteiger partial charge in [0.25, 0.3) is 0 Å². The number of sulfone groups is 1. The summed E-state index contributed by atoms with van der Waals surface area (Å²) in [5, 5.41) is 0. The molecular formula is C30H45NO2S. The molecule has 0 aliphatic heterocycles. The molecule has 0 bridgehead atoms. The molecule has 2 saturated carbocycles. The summed E-state index contributed by atoms with van der Waals surface area (Å²) < 4.78 is 29.2. The average Bonchev–Trinajstić information content (AvgIpc) is 3.48. The van der Waals surface area contributed by atoms with Crippen LogP contribution in [0.1, 0.15) is 103 Å². The van der Waals surface area contributed by atoms with E-state index in [9.17, 15) is 8.42 Å². The highest BCUT2D eigenvalue weighted by Crippen LogP contribution is 2.39. The lowest BCUT2D eigenvalue weighted by atomic mass is 9.79. The molecular weight excluding hydrogens is 438 g/mol. The van der Waals surface area contributed by atoms with Gasteiger partial charge in [-0.25, -0.2) is 8.42 Å². The maximum absolute atomic E-state index is 13.4. The number of nitrogens with zero attached hydrogens (tertiary/aromatic N) is 1. The van der Waals surface area contributed by atoms with Crippen LogP contribution in [0.2, 0.25) is 0 Å². The van der Waals surface area contributed by atoms with E-state index in [2.05, 4.69) is 64.3 Å². The molecule has 0 N–H and O–H groups in total. The van der Waals surface area contributed by atoms with E-state index in [1.807, 2.05) is 13.0 Å². The first-order valence-corrected chi connectivity index (χ1v) is 15.0. The molecule has 3 nitrogen and oxygen atoms in total. The molecule has 0 unspecified atom stereocenters. The fourth-order valence-electron chi connectivity index (χ4n) is 5.36. The summed E-state index contributed by atoms with van der Waals surface area (Å²) >= 11 is 0. The first-order valence-electron chi connectivity index (χ1n) is 13.3. The Balaban J connectivity index is 1.88. The van der Waals surface area contributed by atoms with Crippen molar-refractivity contribution >= 4 is 9.84 Å². The topological polar surface area (TPSA) is 39.1 Å². The van der Waals surface area contributed by atoms with Gasteiger partial charge in [0.1, 0.15) is 0 Å². The summed E-state index contributed by atoms with van der Waals surface area (Å²) in [5.74, 6) is 1.28. The highest BCUT2D eigenvalue weighted by molar-refractivity contribution is 7.91. The lowest BCUT2D eigenvalue weighted by Gasteiger charge is -2.27. The zero-order valence-electron chi connectivity index (χ0n) is 22.5. The van der Waals surface area contributed by atoms with Gasteiger partial charge in [0.2, 0.25) is 0 Å². The minimum Gasteiger partial charge on any atom is -0.343 e. The van der Waals surface area contributed by atoms with Gasteiger partial charge in [-0.15, -0.1) is 0 Å². The standard InChI is InChI=1S/C30H45NO2S/c1-21-28(34(32,33)20-23-13-14-23)18-27(31(21)19-22-11-9-8-10-12-22)24-15-25(29(2,3)4)17-26(16-24)30(5,6)7/h15-18,22-23H,8-14,19-20H2,1-7H3. The summed E-state index contributed by atoms with van der Waals surface area (Å²) in [7, 11) is -3.28. The molecule has 2 aromatic rings. The number of hydrogen-bond donors (Lipinski definition) is 0. The molecule has 0 amide bonds. The Morgan fingerprint density at radius 2 is 1.35 bits per heavy atom. The molecule has 4 heteroatoms. The van der Waals surface area contributed by atoms with Gasteiger partial charge in [0.15, 0.2) is 9.84 Å². The summed E-state index contributed by atoms with van der Waals surface area (Å²) in [6, 6.07) is 8.96. The normalized spacial score (nSPS) is 18.4. The van der Waals surface area contributed by atoms with E-state index in [1.54, 1.807) is 0 Å². The molecule has 0 saturated heterocycles. The summed E-state index contributed by atoms with van der Waals surface area (Å²) in [6.07, 6.45) is 8.51. The van der Waals surface area contributed by atoms with Gasteiger partial charge in [-0.2, -0.15) is 0 Å². The van der Waals surface area contributed by atoms with E-state index in [4.69, 9.17) is 0 Å². The summed E-state index contributed by atoms with van der Waals surface area (Å²) in [4.78, 5) is 0.559. The van der Waals surface area contributed by atoms with Crippen LogP contribution in [0, 0.1) is 18.8 Å². The van der Waals surface area contributed by atoms with E-state index in [-0.39, 0.29) is 10.8 Å². The second-order valence-corrected chi connectivity index (χ2v) is 15.1. The van der Waals surface area contributed by atoms with Gasteiger partial charge in [-0.05, 0) is 90.2 Å². The zero-order chi connectivity index (χ0) is 24.9. The van der Waals surface area contributed by atoms with Crippen molar-refractivity contribution in [3.63, 3.8) is 0 Å². The van der Waals surface area contributed by atoms with Crippen LogP contribution in [0.5, 0.6) is 0 Å². The molecule has 2 fully saturated rings. The van der Waals surface area contributed by atoms with Gasteiger partial charge in [-0.3, -0.25) is 0 Å². The quantitative estimate of drug-likeness (QED) is 0.420. The van der Waals surface area contributed by atoms with E-state index in [1.165, 1.54) is 43.2 Å². The van der Waals surface area contributed by atoms with Crippen molar-refractivity contribution in [2.45, 2.75) is 116 Å². The van der Waals surface area contributed by atoms with Crippen LogP contribution in [-0.4, -0.2) is 18.7 Å². The van der Waals surface area contributed by atoms with Gasteiger partial charge in [0, 0.05) is 17.9 Å². The van der Waals surface area contributed by atoms with Crippen molar-refractivity contribution in [2.24, 2.45) is 11.8 Å². The van der Waals surface area contributed by atoms with Crippen molar-refractivity contribution in [3.05, 3.63) is 41.1 Å². The smallest absolute Gasteiger partial charge is 0.180 e. The number of benzene rings is 1. The van der Waals surface area contributed by atoms with Crippen LogP contribution in [0.15, 0.2) is 29.2 Å².